The van der Waals surface area contributed by atoms with Crippen LogP contribution in [0.4, 0.5) is 0 Å². The first kappa shape index (κ1) is 10.3. The Hall–Kier alpha value is -0.830. The van der Waals surface area contributed by atoms with Crippen molar-refractivity contribution in [2.24, 2.45) is 7.05 Å². The summed E-state index contributed by atoms with van der Waals surface area (Å²) in [5, 5.41) is 4.10. The van der Waals surface area contributed by atoms with E-state index in [1.54, 1.807) is 0 Å². The van der Waals surface area contributed by atoms with Crippen LogP contribution in [0.2, 0.25) is 0 Å². The van der Waals surface area contributed by atoms with Gasteiger partial charge in [-0.3, -0.25) is 4.68 Å². The smallest absolute Gasteiger partial charge is 0.0544 e. The van der Waals surface area contributed by atoms with E-state index in [9.17, 15) is 0 Å². The van der Waals surface area contributed by atoms with Crippen LogP contribution in [0.25, 0.3) is 0 Å². The minimum Gasteiger partial charge on any atom is -0.378 e. The van der Waals surface area contributed by atoms with E-state index in [1.165, 1.54) is 5.56 Å². The molecule has 1 atom stereocenters. The Bertz CT molecular complexity index is 245. The zero-order valence-electron chi connectivity index (χ0n) is 8.66. The van der Waals surface area contributed by atoms with Gasteiger partial charge in [-0.2, -0.15) is 5.10 Å². The normalized spacial score (nSPS) is 13.2. The van der Waals surface area contributed by atoms with E-state index in [0.29, 0.717) is 6.10 Å². The molecule has 0 radical (unpaired) electrons. The molecule has 0 bridgehead atoms. The number of aryl methyl sites for hydroxylation is 1. The zero-order valence-corrected chi connectivity index (χ0v) is 8.66. The van der Waals surface area contributed by atoms with Gasteiger partial charge in [-0.05, 0) is 25.3 Å². The van der Waals surface area contributed by atoms with Crippen LogP contribution >= 0.6 is 0 Å². The third-order valence-corrected chi connectivity index (χ3v) is 2.13. The van der Waals surface area contributed by atoms with Crippen molar-refractivity contribution in [3.8, 4) is 0 Å². The third kappa shape index (κ3) is 3.59. The summed E-state index contributed by atoms with van der Waals surface area (Å²) in [6.07, 6.45) is 6.32. The van der Waals surface area contributed by atoms with Crippen molar-refractivity contribution in [1.82, 2.24) is 9.78 Å². The van der Waals surface area contributed by atoms with Crippen LogP contribution in [0.1, 0.15) is 25.8 Å². The van der Waals surface area contributed by atoms with Crippen molar-refractivity contribution < 1.29 is 4.74 Å². The molecule has 0 N–H and O–H groups in total. The molecule has 0 saturated heterocycles. The average molecular weight is 182 g/mol. The number of aromatic nitrogens is 2. The lowest BCUT2D eigenvalue weighted by Gasteiger charge is -2.08. The van der Waals surface area contributed by atoms with Crippen LogP contribution in [-0.4, -0.2) is 22.5 Å². The average Bonchev–Trinajstić information content (AvgIpc) is 2.51. The molecule has 0 saturated carbocycles. The molecule has 0 aliphatic carbocycles. The topological polar surface area (TPSA) is 27.1 Å². The molecule has 1 heterocycles. The minimum absolute atomic E-state index is 0.372. The summed E-state index contributed by atoms with van der Waals surface area (Å²) in [6, 6.07) is 0. The Kier molecular flexibility index (Phi) is 3.96. The lowest BCUT2D eigenvalue weighted by atomic mass is 10.2. The van der Waals surface area contributed by atoms with E-state index in [2.05, 4.69) is 18.9 Å². The van der Waals surface area contributed by atoms with Gasteiger partial charge in [0.25, 0.3) is 0 Å². The van der Waals surface area contributed by atoms with Gasteiger partial charge in [0.1, 0.15) is 0 Å². The molecule has 0 amide bonds. The Morgan fingerprint density at radius 3 is 2.92 bits per heavy atom. The van der Waals surface area contributed by atoms with E-state index < -0.39 is 0 Å². The van der Waals surface area contributed by atoms with Crippen LogP contribution in [0, 0.1) is 0 Å². The summed E-state index contributed by atoms with van der Waals surface area (Å²) in [5.41, 5.74) is 1.24. The molecule has 74 valence electrons. The maximum Gasteiger partial charge on any atom is 0.0544 e. The zero-order chi connectivity index (χ0) is 9.68. The second kappa shape index (κ2) is 5.02. The molecule has 1 aromatic rings. The highest BCUT2D eigenvalue weighted by molar-refractivity contribution is 5.03. The lowest BCUT2D eigenvalue weighted by molar-refractivity contribution is 0.0659. The molecule has 1 aromatic heterocycles. The molecule has 0 aliphatic heterocycles. The van der Waals surface area contributed by atoms with Gasteiger partial charge < -0.3 is 4.74 Å². The molecule has 3 heteroatoms. The van der Waals surface area contributed by atoms with Crippen LogP contribution in [0.15, 0.2) is 12.4 Å². The molecule has 1 unspecified atom stereocenters. The first-order valence-corrected chi connectivity index (χ1v) is 4.81. The molecule has 0 spiro atoms. The number of nitrogens with zero attached hydrogens (tertiary/aromatic N) is 2. The van der Waals surface area contributed by atoms with Crippen molar-refractivity contribution in [3.63, 3.8) is 0 Å². The summed E-state index contributed by atoms with van der Waals surface area (Å²) >= 11 is 0. The van der Waals surface area contributed by atoms with Crippen LogP contribution in [0.3, 0.4) is 0 Å². The summed E-state index contributed by atoms with van der Waals surface area (Å²) < 4.78 is 7.39. The lowest BCUT2D eigenvalue weighted by Crippen LogP contribution is -2.08. The fourth-order valence-electron chi connectivity index (χ4n) is 1.10. The second-order valence-electron chi connectivity index (χ2n) is 3.36. The van der Waals surface area contributed by atoms with Crippen LogP contribution in [0.5, 0.6) is 0 Å². The minimum atomic E-state index is 0.372. The number of rotatable bonds is 5. The van der Waals surface area contributed by atoms with Gasteiger partial charge in [0.05, 0.1) is 18.9 Å². The van der Waals surface area contributed by atoms with Gasteiger partial charge in [-0.25, -0.2) is 0 Å². The molecule has 0 aromatic carbocycles. The van der Waals surface area contributed by atoms with E-state index >= 15 is 0 Å². The van der Waals surface area contributed by atoms with Gasteiger partial charge in [-0.1, -0.05) is 6.92 Å². The summed E-state index contributed by atoms with van der Waals surface area (Å²) in [6.45, 7) is 5.03. The predicted octanol–water partition coefficient (Wildman–Crippen LogP) is 1.78. The van der Waals surface area contributed by atoms with E-state index in [1.807, 2.05) is 24.1 Å². The molecular weight excluding hydrogens is 164 g/mol. The summed E-state index contributed by atoms with van der Waals surface area (Å²) in [4.78, 5) is 0. The quantitative estimate of drug-likeness (QED) is 0.694. The first-order valence-electron chi connectivity index (χ1n) is 4.81. The van der Waals surface area contributed by atoms with E-state index in [0.717, 1.165) is 19.4 Å². The SMILES string of the molecule is CCC(C)OCCc1cnn(C)c1. The van der Waals surface area contributed by atoms with E-state index in [4.69, 9.17) is 4.74 Å². The highest BCUT2D eigenvalue weighted by Crippen LogP contribution is 2.01. The molecule has 0 aliphatic rings. The Labute approximate surface area is 79.7 Å². The van der Waals surface area contributed by atoms with Crippen LogP contribution in [-0.2, 0) is 18.2 Å². The molecule has 0 fully saturated rings. The molecule has 1 rings (SSSR count). The van der Waals surface area contributed by atoms with Gasteiger partial charge in [-0.15, -0.1) is 0 Å². The highest BCUT2D eigenvalue weighted by Gasteiger charge is 1.99. The number of hydrogen-bond acceptors (Lipinski definition) is 2. The van der Waals surface area contributed by atoms with E-state index in [-0.39, 0.29) is 0 Å². The van der Waals surface area contributed by atoms with Crippen molar-refractivity contribution >= 4 is 0 Å². The second-order valence-corrected chi connectivity index (χ2v) is 3.36. The summed E-state index contributed by atoms with van der Waals surface area (Å²) in [5.74, 6) is 0. The maximum atomic E-state index is 5.57. The van der Waals surface area contributed by atoms with Crippen LogP contribution < -0.4 is 0 Å². The molecule has 13 heavy (non-hydrogen) atoms. The monoisotopic (exact) mass is 182 g/mol. The summed E-state index contributed by atoms with van der Waals surface area (Å²) in [7, 11) is 1.93. The van der Waals surface area contributed by atoms with Crippen molar-refractivity contribution in [1.29, 1.82) is 0 Å². The van der Waals surface area contributed by atoms with Crippen molar-refractivity contribution in [3.05, 3.63) is 18.0 Å². The van der Waals surface area contributed by atoms with Gasteiger partial charge in [0.15, 0.2) is 0 Å². The van der Waals surface area contributed by atoms with Gasteiger partial charge >= 0.3 is 0 Å². The standard InChI is InChI=1S/C10H18N2O/c1-4-9(2)13-6-5-10-7-11-12(3)8-10/h7-9H,4-6H2,1-3H3. The fraction of sp³-hybridized carbons (Fsp3) is 0.700. The molecular formula is C10H18N2O. The first-order chi connectivity index (χ1) is 6.22. The highest BCUT2D eigenvalue weighted by atomic mass is 16.5. The third-order valence-electron chi connectivity index (χ3n) is 2.13. The Morgan fingerprint density at radius 2 is 2.38 bits per heavy atom. The predicted molar refractivity (Wildman–Crippen MR) is 52.6 cm³/mol. The Morgan fingerprint density at radius 1 is 1.62 bits per heavy atom. The van der Waals surface area contributed by atoms with Gasteiger partial charge in [0, 0.05) is 13.2 Å². The number of hydrogen-bond donors (Lipinski definition) is 0. The largest absolute Gasteiger partial charge is 0.378 e. The van der Waals surface area contributed by atoms with Crippen molar-refractivity contribution in [2.75, 3.05) is 6.61 Å². The fourth-order valence-corrected chi connectivity index (χ4v) is 1.10. The Balaban J connectivity index is 2.20. The number of ether oxygens (including phenoxy) is 1. The molecule has 3 nitrogen and oxygen atoms in total. The maximum absolute atomic E-state index is 5.57. The van der Waals surface area contributed by atoms with Gasteiger partial charge in [0.2, 0.25) is 0 Å². The van der Waals surface area contributed by atoms with Crippen molar-refractivity contribution in [2.45, 2.75) is 32.8 Å².